The van der Waals surface area contributed by atoms with Gasteiger partial charge in [-0.05, 0) is 31.2 Å². The molecule has 0 aliphatic rings. The van der Waals surface area contributed by atoms with Gasteiger partial charge in [0, 0.05) is 11.0 Å². The summed E-state index contributed by atoms with van der Waals surface area (Å²) in [6.07, 6.45) is 0.999. The fourth-order valence-corrected chi connectivity index (χ4v) is 2.33. The van der Waals surface area contributed by atoms with Gasteiger partial charge in [0.1, 0.15) is 5.75 Å². The van der Waals surface area contributed by atoms with Crippen molar-refractivity contribution in [3.63, 3.8) is 0 Å². The van der Waals surface area contributed by atoms with E-state index in [0.717, 1.165) is 12.2 Å². The molecule has 1 unspecified atom stereocenters. The van der Waals surface area contributed by atoms with E-state index in [1.54, 1.807) is 18.2 Å². The van der Waals surface area contributed by atoms with Gasteiger partial charge in [0.2, 0.25) is 0 Å². The monoisotopic (exact) mass is 269 g/mol. The number of carboxylic acid groups (broad SMARTS) is 1. The van der Waals surface area contributed by atoms with Gasteiger partial charge in [-0.25, -0.2) is 4.79 Å². The van der Waals surface area contributed by atoms with Gasteiger partial charge < -0.3 is 15.6 Å². The number of hydrogen-bond donors (Lipinski definition) is 2. The smallest absolute Gasteiger partial charge is 0.335 e. The van der Waals surface area contributed by atoms with Crippen molar-refractivity contribution in [2.45, 2.75) is 18.6 Å². The summed E-state index contributed by atoms with van der Waals surface area (Å²) in [6.45, 7) is 3.42. The Hall–Kier alpha value is -1.20. The summed E-state index contributed by atoms with van der Waals surface area (Å²) >= 11 is 1.81. The van der Waals surface area contributed by atoms with Crippen molar-refractivity contribution < 1.29 is 14.6 Å². The second kappa shape index (κ2) is 8.00. The van der Waals surface area contributed by atoms with Crippen molar-refractivity contribution >= 4 is 17.7 Å². The van der Waals surface area contributed by atoms with Crippen LogP contribution in [-0.4, -0.2) is 35.2 Å². The Kier molecular flexibility index (Phi) is 6.60. The van der Waals surface area contributed by atoms with Gasteiger partial charge in [-0.1, -0.05) is 13.0 Å². The highest BCUT2D eigenvalue weighted by Crippen LogP contribution is 2.16. The molecular weight excluding hydrogens is 250 g/mol. The maximum Gasteiger partial charge on any atom is 0.335 e. The number of benzene rings is 1. The SMILES string of the molecule is CC(CCN)SCCOc1cccc(C(=O)O)c1. The predicted octanol–water partition coefficient (Wildman–Crippen LogP) is 2.23. The highest BCUT2D eigenvalue weighted by Gasteiger charge is 2.04. The largest absolute Gasteiger partial charge is 0.493 e. The van der Waals surface area contributed by atoms with Crippen LogP contribution in [-0.2, 0) is 0 Å². The lowest BCUT2D eigenvalue weighted by molar-refractivity contribution is 0.0696. The fourth-order valence-electron chi connectivity index (χ4n) is 1.45. The van der Waals surface area contributed by atoms with Gasteiger partial charge in [0.25, 0.3) is 0 Å². The van der Waals surface area contributed by atoms with E-state index in [1.165, 1.54) is 6.07 Å². The number of carboxylic acids is 1. The van der Waals surface area contributed by atoms with Gasteiger partial charge in [0.05, 0.1) is 12.2 Å². The van der Waals surface area contributed by atoms with E-state index in [4.69, 9.17) is 15.6 Å². The number of carbonyl (C=O) groups is 1. The summed E-state index contributed by atoms with van der Waals surface area (Å²) < 4.78 is 5.51. The molecule has 0 heterocycles. The molecule has 0 aromatic heterocycles. The zero-order valence-corrected chi connectivity index (χ0v) is 11.3. The van der Waals surface area contributed by atoms with E-state index in [0.29, 0.717) is 24.2 Å². The van der Waals surface area contributed by atoms with Crippen molar-refractivity contribution in [1.82, 2.24) is 0 Å². The number of ether oxygens (including phenoxy) is 1. The maximum absolute atomic E-state index is 10.8. The lowest BCUT2D eigenvalue weighted by Gasteiger charge is -2.10. The Morgan fingerprint density at radius 1 is 1.56 bits per heavy atom. The van der Waals surface area contributed by atoms with E-state index in [-0.39, 0.29) is 5.56 Å². The molecular formula is C13H19NO3S. The Morgan fingerprint density at radius 3 is 3.00 bits per heavy atom. The second-order valence-electron chi connectivity index (χ2n) is 3.94. The molecule has 0 bridgehead atoms. The molecule has 4 nitrogen and oxygen atoms in total. The molecule has 1 aromatic carbocycles. The molecule has 3 N–H and O–H groups in total. The summed E-state index contributed by atoms with van der Waals surface area (Å²) in [6, 6.07) is 6.53. The number of nitrogens with two attached hydrogens (primary N) is 1. The highest BCUT2D eigenvalue weighted by molar-refractivity contribution is 7.99. The minimum Gasteiger partial charge on any atom is -0.493 e. The zero-order chi connectivity index (χ0) is 13.4. The van der Waals surface area contributed by atoms with Gasteiger partial charge in [-0.15, -0.1) is 0 Å². The first-order valence-electron chi connectivity index (χ1n) is 5.91. The summed E-state index contributed by atoms with van der Waals surface area (Å²) in [5.74, 6) is 0.534. The molecule has 0 aliphatic carbocycles. The molecule has 0 saturated carbocycles. The Bertz CT molecular complexity index is 384. The van der Waals surface area contributed by atoms with E-state index < -0.39 is 5.97 Å². The molecule has 1 rings (SSSR count). The molecule has 0 amide bonds. The summed E-state index contributed by atoms with van der Waals surface area (Å²) in [5.41, 5.74) is 5.72. The molecule has 100 valence electrons. The van der Waals surface area contributed by atoms with Crippen LogP contribution in [0.15, 0.2) is 24.3 Å². The van der Waals surface area contributed by atoms with Crippen LogP contribution in [0.4, 0.5) is 0 Å². The number of thioether (sulfide) groups is 1. The molecule has 1 atom stereocenters. The topological polar surface area (TPSA) is 72.5 Å². The van der Waals surface area contributed by atoms with Crippen LogP contribution in [0.5, 0.6) is 5.75 Å². The van der Waals surface area contributed by atoms with Crippen LogP contribution >= 0.6 is 11.8 Å². The van der Waals surface area contributed by atoms with Crippen LogP contribution in [0.2, 0.25) is 0 Å². The summed E-state index contributed by atoms with van der Waals surface area (Å²) in [7, 11) is 0. The standard InChI is InChI=1S/C13H19NO3S/c1-10(5-6-14)18-8-7-17-12-4-2-3-11(9-12)13(15)16/h2-4,9-10H,5-8,14H2,1H3,(H,15,16). The third kappa shape index (κ3) is 5.42. The first-order valence-corrected chi connectivity index (χ1v) is 6.96. The zero-order valence-electron chi connectivity index (χ0n) is 10.5. The third-order valence-corrected chi connectivity index (χ3v) is 3.62. The average Bonchev–Trinajstić information content (AvgIpc) is 2.35. The van der Waals surface area contributed by atoms with Crippen molar-refractivity contribution in [3.8, 4) is 5.75 Å². The second-order valence-corrected chi connectivity index (χ2v) is 5.49. The molecule has 0 aliphatic heterocycles. The van der Waals surface area contributed by atoms with Crippen LogP contribution in [0.3, 0.4) is 0 Å². The molecule has 5 heteroatoms. The Balaban J connectivity index is 2.31. The van der Waals surface area contributed by atoms with Crippen molar-refractivity contribution in [2.24, 2.45) is 5.73 Å². The van der Waals surface area contributed by atoms with Crippen molar-refractivity contribution in [2.75, 3.05) is 18.9 Å². The quantitative estimate of drug-likeness (QED) is 0.708. The molecule has 1 aromatic rings. The normalized spacial score (nSPS) is 12.1. The van der Waals surface area contributed by atoms with Crippen LogP contribution in [0.25, 0.3) is 0 Å². The van der Waals surface area contributed by atoms with Gasteiger partial charge in [-0.2, -0.15) is 11.8 Å². The highest BCUT2D eigenvalue weighted by atomic mass is 32.2. The fraction of sp³-hybridized carbons (Fsp3) is 0.462. The predicted molar refractivity (Wildman–Crippen MR) is 74.5 cm³/mol. The summed E-state index contributed by atoms with van der Waals surface area (Å²) in [5, 5.41) is 9.37. The van der Waals surface area contributed by atoms with Gasteiger partial charge in [-0.3, -0.25) is 0 Å². The Morgan fingerprint density at radius 2 is 2.33 bits per heavy atom. The van der Waals surface area contributed by atoms with Crippen molar-refractivity contribution in [3.05, 3.63) is 29.8 Å². The van der Waals surface area contributed by atoms with E-state index in [9.17, 15) is 4.79 Å². The van der Waals surface area contributed by atoms with Gasteiger partial charge in [0.15, 0.2) is 0 Å². The lowest BCUT2D eigenvalue weighted by Crippen LogP contribution is -2.10. The minimum absolute atomic E-state index is 0.247. The Labute approximate surface area is 112 Å². The maximum atomic E-state index is 10.8. The number of aromatic carboxylic acids is 1. The molecule has 0 fully saturated rings. The first-order chi connectivity index (χ1) is 8.63. The van der Waals surface area contributed by atoms with Crippen molar-refractivity contribution in [1.29, 1.82) is 0 Å². The van der Waals surface area contributed by atoms with Crippen LogP contribution in [0, 0.1) is 0 Å². The molecule has 0 radical (unpaired) electrons. The molecule has 0 saturated heterocycles. The van der Waals surface area contributed by atoms with Gasteiger partial charge >= 0.3 is 5.97 Å². The molecule has 18 heavy (non-hydrogen) atoms. The number of rotatable bonds is 8. The minimum atomic E-state index is -0.939. The van der Waals surface area contributed by atoms with Crippen LogP contribution in [0.1, 0.15) is 23.7 Å². The van der Waals surface area contributed by atoms with E-state index in [2.05, 4.69) is 6.92 Å². The van der Waals surface area contributed by atoms with E-state index >= 15 is 0 Å². The third-order valence-electron chi connectivity index (χ3n) is 2.41. The average molecular weight is 269 g/mol. The van der Waals surface area contributed by atoms with Crippen LogP contribution < -0.4 is 10.5 Å². The first kappa shape index (κ1) is 14.9. The lowest BCUT2D eigenvalue weighted by atomic mass is 10.2. The van der Waals surface area contributed by atoms with E-state index in [1.807, 2.05) is 11.8 Å². The molecule has 0 spiro atoms. The number of hydrogen-bond acceptors (Lipinski definition) is 4. The summed E-state index contributed by atoms with van der Waals surface area (Å²) in [4.78, 5) is 10.8.